The Labute approximate surface area is 153 Å². The van der Waals surface area contributed by atoms with Crippen LogP contribution in [0, 0.1) is 0 Å². The van der Waals surface area contributed by atoms with Gasteiger partial charge in [0.2, 0.25) is 5.95 Å². The van der Waals surface area contributed by atoms with Gasteiger partial charge < -0.3 is 16.0 Å². The number of nitrogen functional groups attached to an aromatic ring is 1. The lowest BCUT2D eigenvalue weighted by atomic mass is 10.2. The van der Waals surface area contributed by atoms with Gasteiger partial charge in [0.05, 0.1) is 11.7 Å². The lowest BCUT2D eigenvalue weighted by Gasteiger charge is -2.15. The van der Waals surface area contributed by atoms with Crippen LogP contribution in [0.5, 0.6) is 0 Å². The number of nitrogens with two attached hydrogens (primary N) is 1. The topological polar surface area (TPSA) is 102 Å². The van der Waals surface area contributed by atoms with E-state index < -0.39 is 6.17 Å². The number of likely N-dealkylation sites (tertiary alicyclic amines) is 1. The Balaban J connectivity index is 1.53. The van der Waals surface area contributed by atoms with E-state index in [0.717, 1.165) is 16.9 Å². The van der Waals surface area contributed by atoms with E-state index in [-0.39, 0.29) is 6.04 Å². The molecule has 1 aliphatic heterocycles. The molecule has 0 bridgehead atoms. The van der Waals surface area contributed by atoms with E-state index in [1.807, 2.05) is 30.1 Å². The van der Waals surface area contributed by atoms with Crippen LogP contribution in [0.4, 0.5) is 16.2 Å². The minimum Gasteiger partial charge on any atom is -0.382 e. The monoisotopic (exact) mass is 367 g/mol. The lowest BCUT2D eigenvalue weighted by molar-refractivity contribution is 0.314. The standard InChI is InChI=1S/C17H18FN9/c1-25-8-11(18)13(9-25)21-17-22-16(19)15-10(4-6-27(15)24-17)12-2-3-14-20-5-7-26(14)23-12/h2-7,11,13H,8-9H2,1H3,(H3,19,21,22,24)/t11-,13+/m0/s1. The van der Waals surface area contributed by atoms with Crippen molar-refractivity contribution in [2.45, 2.75) is 12.2 Å². The van der Waals surface area contributed by atoms with Gasteiger partial charge in [-0.15, -0.1) is 5.10 Å². The third-order valence-electron chi connectivity index (χ3n) is 4.81. The second kappa shape index (κ2) is 5.88. The molecule has 4 aromatic heterocycles. The molecule has 4 aromatic rings. The van der Waals surface area contributed by atoms with Crippen LogP contribution in [0.2, 0.25) is 0 Å². The Hall–Kier alpha value is -3.27. The maximum Gasteiger partial charge on any atom is 0.243 e. The second-order valence-corrected chi connectivity index (χ2v) is 6.78. The Morgan fingerprint density at radius 3 is 2.85 bits per heavy atom. The lowest BCUT2D eigenvalue weighted by Crippen LogP contribution is -2.30. The van der Waals surface area contributed by atoms with E-state index in [2.05, 4.69) is 25.5 Å². The number of imidazole rings is 1. The van der Waals surface area contributed by atoms with Crippen LogP contribution in [0.1, 0.15) is 0 Å². The van der Waals surface area contributed by atoms with Crippen molar-refractivity contribution >= 4 is 22.9 Å². The number of halogens is 1. The Morgan fingerprint density at radius 2 is 2.04 bits per heavy atom. The van der Waals surface area contributed by atoms with Crippen molar-refractivity contribution in [2.24, 2.45) is 0 Å². The molecule has 1 saturated heterocycles. The van der Waals surface area contributed by atoms with Gasteiger partial charge in [-0.2, -0.15) is 10.1 Å². The number of nitrogens with zero attached hydrogens (tertiary/aromatic N) is 7. The number of hydrogen-bond donors (Lipinski definition) is 2. The van der Waals surface area contributed by atoms with Crippen LogP contribution in [-0.2, 0) is 0 Å². The van der Waals surface area contributed by atoms with Crippen LogP contribution in [0.15, 0.2) is 36.8 Å². The van der Waals surface area contributed by atoms with Crippen LogP contribution < -0.4 is 11.1 Å². The smallest absolute Gasteiger partial charge is 0.243 e. The normalized spacial score (nSPS) is 20.7. The number of alkyl halides is 1. The largest absolute Gasteiger partial charge is 0.382 e. The van der Waals surface area contributed by atoms with Crippen molar-refractivity contribution in [3.05, 3.63) is 36.8 Å². The van der Waals surface area contributed by atoms with E-state index in [0.29, 0.717) is 30.4 Å². The molecule has 138 valence electrons. The zero-order valence-corrected chi connectivity index (χ0v) is 14.6. The van der Waals surface area contributed by atoms with Crippen molar-refractivity contribution in [3.8, 4) is 11.3 Å². The summed E-state index contributed by atoms with van der Waals surface area (Å²) in [6, 6.07) is 5.30. The summed E-state index contributed by atoms with van der Waals surface area (Å²) in [4.78, 5) is 10.5. The molecule has 0 aliphatic carbocycles. The zero-order valence-electron chi connectivity index (χ0n) is 14.6. The predicted octanol–water partition coefficient (Wildman–Crippen LogP) is 1.09. The molecule has 1 fully saturated rings. The average Bonchev–Trinajstić information content (AvgIpc) is 3.33. The molecule has 5 rings (SSSR count). The number of aromatic nitrogens is 6. The molecule has 0 radical (unpaired) electrons. The summed E-state index contributed by atoms with van der Waals surface area (Å²) in [6.45, 7) is 0.986. The van der Waals surface area contributed by atoms with Crippen molar-refractivity contribution in [3.63, 3.8) is 0 Å². The van der Waals surface area contributed by atoms with E-state index in [9.17, 15) is 4.39 Å². The first-order valence-corrected chi connectivity index (χ1v) is 8.63. The first kappa shape index (κ1) is 15.9. The number of fused-ring (bicyclic) bond motifs is 2. The first-order chi connectivity index (χ1) is 13.1. The summed E-state index contributed by atoms with van der Waals surface area (Å²) < 4.78 is 17.4. The summed E-state index contributed by atoms with van der Waals surface area (Å²) in [5.74, 6) is 0.616. The highest BCUT2D eigenvalue weighted by molar-refractivity contribution is 5.86. The quantitative estimate of drug-likeness (QED) is 0.559. The average molecular weight is 367 g/mol. The van der Waals surface area contributed by atoms with Gasteiger partial charge in [0.1, 0.15) is 11.7 Å². The number of likely N-dealkylation sites (N-methyl/N-ethyl adjacent to an activating group) is 1. The molecule has 1 aliphatic rings. The number of anilines is 2. The van der Waals surface area contributed by atoms with Gasteiger partial charge in [-0.25, -0.2) is 18.4 Å². The molecule has 0 amide bonds. The third kappa shape index (κ3) is 2.65. The van der Waals surface area contributed by atoms with E-state index in [1.54, 1.807) is 27.6 Å². The van der Waals surface area contributed by atoms with Gasteiger partial charge >= 0.3 is 0 Å². The van der Waals surface area contributed by atoms with Crippen molar-refractivity contribution in [1.82, 2.24) is 34.1 Å². The minimum atomic E-state index is -0.971. The van der Waals surface area contributed by atoms with Gasteiger partial charge in [-0.1, -0.05) is 0 Å². The molecule has 0 spiro atoms. The van der Waals surface area contributed by atoms with Crippen molar-refractivity contribution in [1.29, 1.82) is 0 Å². The minimum absolute atomic E-state index is 0.307. The summed E-state index contributed by atoms with van der Waals surface area (Å²) >= 11 is 0. The molecular formula is C17H18FN9. The molecule has 0 aromatic carbocycles. The van der Waals surface area contributed by atoms with E-state index in [1.165, 1.54) is 0 Å². The van der Waals surface area contributed by atoms with E-state index >= 15 is 0 Å². The fourth-order valence-electron chi connectivity index (χ4n) is 3.53. The van der Waals surface area contributed by atoms with Gasteiger partial charge in [0.15, 0.2) is 11.5 Å². The predicted molar refractivity (Wildman–Crippen MR) is 99.2 cm³/mol. The summed E-state index contributed by atoms with van der Waals surface area (Å²) in [5, 5.41) is 12.0. The van der Waals surface area contributed by atoms with Gasteiger partial charge in [0, 0.05) is 37.2 Å². The Kier molecular flexibility index (Phi) is 3.47. The summed E-state index contributed by atoms with van der Waals surface area (Å²) in [7, 11) is 1.88. The highest BCUT2D eigenvalue weighted by Crippen LogP contribution is 2.28. The second-order valence-electron chi connectivity index (χ2n) is 6.78. The van der Waals surface area contributed by atoms with E-state index in [4.69, 9.17) is 5.73 Å². The first-order valence-electron chi connectivity index (χ1n) is 8.63. The zero-order chi connectivity index (χ0) is 18.5. The van der Waals surface area contributed by atoms with Crippen molar-refractivity contribution < 1.29 is 4.39 Å². The number of hydrogen-bond acceptors (Lipinski definition) is 7. The van der Waals surface area contributed by atoms with Crippen molar-refractivity contribution in [2.75, 3.05) is 31.2 Å². The summed E-state index contributed by atoms with van der Waals surface area (Å²) in [6.07, 6.45) is 4.30. The highest BCUT2D eigenvalue weighted by atomic mass is 19.1. The Morgan fingerprint density at radius 1 is 1.15 bits per heavy atom. The molecule has 3 N–H and O–H groups in total. The fraction of sp³-hybridized carbons (Fsp3) is 0.294. The van der Waals surface area contributed by atoms with Crippen LogP contribution in [-0.4, -0.2) is 66.4 Å². The molecule has 5 heterocycles. The third-order valence-corrected chi connectivity index (χ3v) is 4.81. The molecular weight excluding hydrogens is 349 g/mol. The Bertz CT molecular complexity index is 1130. The molecule has 2 atom stereocenters. The molecule has 0 saturated carbocycles. The maximum absolute atomic E-state index is 14.1. The number of nitrogens with one attached hydrogen (secondary N) is 1. The molecule has 0 unspecified atom stereocenters. The van der Waals surface area contributed by atoms with Gasteiger partial charge in [-0.05, 0) is 25.2 Å². The fourth-order valence-corrected chi connectivity index (χ4v) is 3.53. The van der Waals surface area contributed by atoms with Gasteiger partial charge in [0.25, 0.3) is 0 Å². The highest BCUT2D eigenvalue weighted by Gasteiger charge is 2.31. The SMILES string of the molecule is CN1C[C@H](F)[C@H](Nc2nc(N)c3c(-c4ccc5nccn5n4)ccn3n2)C1. The van der Waals surface area contributed by atoms with Crippen LogP contribution in [0.25, 0.3) is 22.4 Å². The van der Waals surface area contributed by atoms with Crippen LogP contribution >= 0.6 is 0 Å². The maximum atomic E-state index is 14.1. The molecule has 27 heavy (non-hydrogen) atoms. The molecule has 9 nitrogen and oxygen atoms in total. The number of rotatable bonds is 3. The van der Waals surface area contributed by atoms with Crippen LogP contribution in [0.3, 0.4) is 0 Å². The molecule has 10 heteroatoms. The summed E-state index contributed by atoms with van der Waals surface area (Å²) in [5.41, 5.74) is 9.18. The van der Waals surface area contributed by atoms with Gasteiger partial charge in [-0.3, -0.25) is 0 Å².